The summed E-state index contributed by atoms with van der Waals surface area (Å²) < 4.78 is 13.3. The van der Waals surface area contributed by atoms with Crippen molar-refractivity contribution in [1.82, 2.24) is 15.1 Å². The van der Waals surface area contributed by atoms with E-state index >= 15 is 0 Å². The molecule has 4 amide bonds. The van der Waals surface area contributed by atoms with Crippen molar-refractivity contribution in [1.29, 1.82) is 0 Å². The second-order valence-electron chi connectivity index (χ2n) is 6.62. The van der Waals surface area contributed by atoms with Gasteiger partial charge in [-0.05, 0) is 43.4 Å². The van der Waals surface area contributed by atoms with Gasteiger partial charge in [0.1, 0.15) is 5.82 Å². The highest BCUT2D eigenvalue weighted by Crippen LogP contribution is 2.20. The number of aryl methyl sites for hydroxylation is 2. The molecule has 2 saturated heterocycles. The van der Waals surface area contributed by atoms with Gasteiger partial charge in [-0.25, -0.2) is 9.18 Å². The van der Waals surface area contributed by atoms with Crippen molar-refractivity contribution in [2.24, 2.45) is 0 Å². The van der Waals surface area contributed by atoms with Crippen molar-refractivity contribution >= 4 is 17.8 Å². The molecule has 0 spiro atoms. The second-order valence-corrected chi connectivity index (χ2v) is 6.62. The standard InChI is InChI=1S/C18H22FN3O3/c1-12-10-13(2-4-15(12)19)3-5-16(23)21-8-6-14(7-9-21)22-17(24)11-20-18(22)25/h2,4,10,14H,3,5-9,11H2,1H3,(H,20,25). The molecule has 25 heavy (non-hydrogen) atoms. The fourth-order valence-electron chi connectivity index (χ4n) is 3.45. The van der Waals surface area contributed by atoms with Crippen molar-refractivity contribution in [2.45, 2.75) is 38.6 Å². The molecule has 0 radical (unpaired) electrons. The molecule has 0 atom stereocenters. The Labute approximate surface area is 146 Å². The summed E-state index contributed by atoms with van der Waals surface area (Å²) in [6.07, 6.45) is 2.17. The monoisotopic (exact) mass is 347 g/mol. The van der Waals surface area contributed by atoms with E-state index in [0.29, 0.717) is 44.3 Å². The van der Waals surface area contributed by atoms with Gasteiger partial charge in [-0.2, -0.15) is 0 Å². The largest absolute Gasteiger partial charge is 0.343 e. The van der Waals surface area contributed by atoms with Crippen LogP contribution < -0.4 is 5.32 Å². The molecule has 2 aliphatic rings. The number of halogens is 1. The summed E-state index contributed by atoms with van der Waals surface area (Å²) in [5, 5.41) is 2.53. The first-order valence-electron chi connectivity index (χ1n) is 8.58. The molecule has 0 unspecified atom stereocenters. The minimum Gasteiger partial charge on any atom is -0.343 e. The first-order valence-corrected chi connectivity index (χ1v) is 8.58. The van der Waals surface area contributed by atoms with Crippen LogP contribution in [0.4, 0.5) is 9.18 Å². The average molecular weight is 347 g/mol. The lowest BCUT2D eigenvalue weighted by Crippen LogP contribution is -2.49. The summed E-state index contributed by atoms with van der Waals surface area (Å²) in [6, 6.07) is 4.45. The van der Waals surface area contributed by atoms with Crippen LogP contribution in [0.1, 0.15) is 30.4 Å². The van der Waals surface area contributed by atoms with Crippen molar-refractivity contribution in [3.05, 3.63) is 35.1 Å². The first-order chi connectivity index (χ1) is 12.0. The first kappa shape index (κ1) is 17.4. The van der Waals surface area contributed by atoms with E-state index in [-0.39, 0.29) is 36.2 Å². The molecule has 2 aliphatic heterocycles. The van der Waals surface area contributed by atoms with Crippen molar-refractivity contribution < 1.29 is 18.8 Å². The van der Waals surface area contributed by atoms with E-state index in [1.54, 1.807) is 24.0 Å². The summed E-state index contributed by atoms with van der Waals surface area (Å²) in [7, 11) is 0. The number of likely N-dealkylation sites (tertiary alicyclic amines) is 1. The SMILES string of the molecule is Cc1cc(CCC(=O)N2CCC(N3C(=O)CNC3=O)CC2)ccc1F. The Hall–Kier alpha value is -2.44. The predicted octanol–water partition coefficient (Wildman–Crippen LogP) is 1.61. The number of imide groups is 1. The maximum atomic E-state index is 13.3. The lowest BCUT2D eigenvalue weighted by Gasteiger charge is -2.35. The third kappa shape index (κ3) is 3.81. The molecule has 134 valence electrons. The van der Waals surface area contributed by atoms with Gasteiger partial charge in [-0.1, -0.05) is 12.1 Å². The number of amides is 4. The zero-order valence-electron chi connectivity index (χ0n) is 14.3. The van der Waals surface area contributed by atoms with Gasteiger partial charge in [0.15, 0.2) is 0 Å². The minimum absolute atomic E-state index is 0.0534. The van der Waals surface area contributed by atoms with E-state index in [9.17, 15) is 18.8 Å². The fourth-order valence-corrected chi connectivity index (χ4v) is 3.45. The molecule has 1 N–H and O–H groups in total. The van der Waals surface area contributed by atoms with E-state index in [1.807, 2.05) is 0 Å². The smallest absolute Gasteiger partial charge is 0.324 e. The number of rotatable bonds is 4. The fraction of sp³-hybridized carbons (Fsp3) is 0.500. The normalized spacial score (nSPS) is 18.6. The number of carbonyl (C=O) groups is 3. The number of hydrogen-bond donors (Lipinski definition) is 1. The predicted molar refractivity (Wildman–Crippen MR) is 89.3 cm³/mol. The molecule has 6 nitrogen and oxygen atoms in total. The lowest BCUT2D eigenvalue weighted by molar-refractivity contribution is -0.133. The third-order valence-corrected chi connectivity index (χ3v) is 4.91. The molecule has 1 aromatic rings. The van der Waals surface area contributed by atoms with Gasteiger partial charge in [0.2, 0.25) is 11.8 Å². The van der Waals surface area contributed by atoms with Gasteiger partial charge < -0.3 is 10.2 Å². The van der Waals surface area contributed by atoms with E-state index < -0.39 is 0 Å². The van der Waals surface area contributed by atoms with E-state index in [2.05, 4.69) is 5.32 Å². The van der Waals surface area contributed by atoms with Crippen LogP contribution in [0.3, 0.4) is 0 Å². The molecule has 7 heteroatoms. The van der Waals surface area contributed by atoms with Crippen LogP contribution in [0.2, 0.25) is 0 Å². The summed E-state index contributed by atoms with van der Waals surface area (Å²) in [5.74, 6) is -0.378. The Morgan fingerprint density at radius 2 is 2.00 bits per heavy atom. The molecule has 0 aliphatic carbocycles. The number of piperidine rings is 1. The number of urea groups is 1. The highest BCUT2D eigenvalue weighted by atomic mass is 19.1. The van der Waals surface area contributed by atoms with E-state index in [4.69, 9.17) is 0 Å². The van der Waals surface area contributed by atoms with Crippen LogP contribution in [0.15, 0.2) is 18.2 Å². The molecule has 1 aromatic carbocycles. The van der Waals surface area contributed by atoms with Crippen LogP contribution in [-0.4, -0.2) is 53.3 Å². The van der Waals surface area contributed by atoms with Crippen molar-refractivity contribution in [3.63, 3.8) is 0 Å². The van der Waals surface area contributed by atoms with Crippen LogP contribution in [0, 0.1) is 12.7 Å². The Balaban J connectivity index is 1.49. The molecular weight excluding hydrogens is 325 g/mol. The minimum atomic E-state index is -0.332. The van der Waals surface area contributed by atoms with Crippen LogP contribution >= 0.6 is 0 Å². The number of nitrogens with zero attached hydrogens (tertiary/aromatic N) is 2. The average Bonchev–Trinajstić information content (AvgIpc) is 2.94. The van der Waals surface area contributed by atoms with Gasteiger partial charge in [0.25, 0.3) is 0 Å². The van der Waals surface area contributed by atoms with Gasteiger partial charge in [-0.3, -0.25) is 14.5 Å². The summed E-state index contributed by atoms with van der Waals surface area (Å²) in [4.78, 5) is 38.9. The highest BCUT2D eigenvalue weighted by molar-refractivity contribution is 6.02. The highest BCUT2D eigenvalue weighted by Gasteiger charge is 2.37. The number of benzene rings is 1. The Bertz CT molecular complexity index is 683. The molecule has 0 aromatic heterocycles. The summed E-state index contributed by atoms with van der Waals surface area (Å²) in [5.41, 5.74) is 1.53. The third-order valence-electron chi connectivity index (χ3n) is 4.91. The Morgan fingerprint density at radius 1 is 1.28 bits per heavy atom. The summed E-state index contributed by atoms with van der Waals surface area (Å²) in [6.45, 7) is 2.86. The number of nitrogens with one attached hydrogen (secondary N) is 1. The topological polar surface area (TPSA) is 69.7 Å². The van der Waals surface area contributed by atoms with Crippen LogP contribution in [0.5, 0.6) is 0 Å². The molecule has 0 saturated carbocycles. The summed E-state index contributed by atoms with van der Waals surface area (Å²) >= 11 is 0. The molecule has 2 heterocycles. The van der Waals surface area contributed by atoms with E-state index in [1.165, 1.54) is 11.0 Å². The second kappa shape index (κ2) is 7.21. The molecular formula is C18H22FN3O3. The van der Waals surface area contributed by atoms with Gasteiger partial charge in [0.05, 0.1) is 6.54 Å². The van der Waals surface area contributed by atoms with Gasteiger partial charge >= 0.3 is 6.03 Å². The molecule has 0 bridgehead atoms. The Morgan fingerprint density at radius 3 is 2.60 bits per heavy atom. The van der Waals surface area contributed by atoms with Gasteiger partial charge in [0, 0.05) is 25.6 Å². The Kier molecular flexibility index (Phi) is 5.01. The quantitative estimate of drug-likeness (QED) is 0.842. The number of hydrogen-bond acceptors (Lipinski definition) is 3. The van der Waals surface area contributed by atoms with Gasteiger partial charge in [-0.15, -0.1) is 0 Å². The zero-order chi connectivity index (χ0) is 18.0. The maximum absolute atomic E-state index is 13.3. The zero-order valence-corrected chi connectivity index (χ0v) is 14.3. The number of carbonyl (C=O) groups excluding carboxylic acids is 3. The van der Waals surface area contributed by atoms with Crippen molar-refractivity contribution in [3.8, 4) is 0 Å². The van der Waals surface area contributed by atoms with Crippen molar-refractivity contribution in [2.75, 3.05) is 19.6 Å². The van der Waals surface area contributed by atoms with Crippen LogP contribution in [0.25, 0.3) is 0 Å². The maximum Gasteiger partial charge on any atom is 0.324 e. The lowest BCUT2D eigenvalue weighted by atomic mass is 10.0. The molecule has 2 fully saturated rings. The van der Waals surface area contributed by atoms with E-state index in [0.717, 1.165) is 5.56 Å². The van der Waals surface area contributed by atoms with Crippen LogP contribution in [-0.2, 0) is 16.0 Å². The molecule has 3 rings (SSSR count).